The molecule has 0 atom stereocenters. The number of rotatable bonds is 3. The summed E-state index contributed by atoms with van der Waals surface area (Å²) in [5, 5.41) is 9.23. The van der Waals surface area contributed by atoms with Crippen LogP contribution >= 0.6 is 0 Å². The number of nitrogens with one attached hydrogen (secondary N) is 1. The van der Waals surface area contributed by atoms with Crippen LogP contribution in [0.5, 0.6) is 5.75 Å². The van der Waals surface area contributed by atoms with E-state index in [1.54, 1.807) is 0 Å². The Hall–Kier alpha value is -1.60. The molecular weight excluding hydrogens is 220 g/mol. The van der Waals surface area contributed by atoms with Crippen LogP contribution in [0.25, 0.3) is 0 Å². The molecule has 7 heteroatoms. The molecule has 0 saturated heterocycles. The van der Waals surface area contributed by atoms with Crippen molar-refractivity contribution in [1.29, 1.82) is 0 Å². The van der Waals surface area contributed by atoms with Crippen molar-refractivity contribution in [1.82, 2.24) is 4.72 Å². The van der Waals surface area contributed by atoms with Gasteiger partial charge in [-0.3, -0.25) is 4.79 Å². The van der Waals surface area contributed by atoms with Gasteiger partial charge in [0.1, 0.15) is 5.75 Å². The zero-order valence-corrected chi connectivity index (χ0v) is 8.71. The molecule has 15 heavy (non-hydrogen) atoms. The van der Waals surface area contributed by atoms with Crippen molar-refractivity contribution in [3.63, 3.8) is 0 Å². The normalized spacial score (nSPS) is 11.3. The van der Waals surface area contributed by atoms with E-state index in [0.717, 1.165) is 12.1 Å². The third kappa shape index (κ3) is 2.25. The van der Waals surface area contributed by atoms with Crippen molar-refractivity contribution in [3.05, 3.63) is 23.8 Å². The van der Waals surface area contributed by atoms with Gasteiger partial charge in [0, 0.05) is 0 Å². The van der Waals surface area contributed by atoms with Gasteiger partial charge >= 0.3 is 0 Å². The van der Waals surface area contributed by atoms with E-state index in [9.17, 15) is 18.3 Å². The lowest BCUT2D eigenvalue weighted by Crippen LogP contribution is -2.19. The topological polar surface area (TPSA) is 109 Å². The van der Waals surface area contributed by atoms with Crippen LogP contribution in [0.15, 0.2) is 23.1 Å². The number of phenols is 1. The van der Waals surface area contributed by atoms with Crippen molar-refractivity contribution in [3.8, 4) is 5.75 Å². The predicted molar refractivity (Wildman–Crippen MR) is 52.9 cm³/mol. The number of carbonyl (C=O) groups excluding carboxylic acids is 1. The highest BCUT2D eigenvalue weighted by atomic mass is 32.2. The van der Waals surface area contributed by atoms with Gasteiger partial charge in [-0.05, 0) is 25.2 Å². The molecule has 82 valence electrons. The molecule has 1 amide bonds. The van der Waals surface area contributed by atoms with E-state index in [-0.39, 0.29) is 16.2 Å². The fraction of sp³-hybridized carbons (Fsp3) is 0.125. The second kappa shape index (κ2) is 3.87. The summed E-state index contributed by atoms with van der Waals surface area (Å²) in [6.45, 7) is 0. The van der Waals surface area contributed by atoms with Crippen molar-refractivity contribution in [2.75, 3.05) is 7.05 Å². The van der Waals surface area contributed by atoms with Crippen LogP contribution in [-0.2, 0) is 10.0 Å². The van der Waals surface area contributed by atoms with E-state index in [4.69, 9.17) is 5.73 Å². The van der Waals surface area contributed by atoms with Gasteiger partial charge in [-0.1, -0.05) is 0 Å². The highest BCUT2D eigenvalue weighted by Crippen LogP contribution is 2.20. The highest BCUT2D eigenvalue weighted by Gasteiger charge is 2.15. The Kier molecular flexibility index (Phi) is 2.96. The molecule has 0 radical (unpaired) electrons. The van der Waals surface area contributed by atoms with Gasteiger partial charge in [0.15, 0.2) is 0 Å². The molecule has 0 aliphatic heterocycles. The summed E-state index contributed by atoms with van der Waals surface area (Å²) in [6.07, 6.45) is 0. The Bertz CT molecular complexity index is 495. The Morgan fingerprint density at radius 2 is 2.07 bits per heavy atom. The van der Waals surface area contributed by atoms with Crippen LogP contribution in [-0.4, -0.2) is 26.5 Å². The van der Waals surface area contributed by atoms with E-state index in [0.29, 0.717) is 0 Å². The first-order valence-corrected chi connectivity index (χ1v) is 5.43. The second-order valence-electron chi connectivity index (χ2n) is 2.75. The van der Waals surface area contributed by atoms with Gasteiger partial charge in [-0.2, -0.15) is 0 Å². The van der Waals surface area contributed by atoms with Crippen LogP contribution < -0.4 is 10.5 Å². The maximum atomic E-state index is 11.3. The molecule has 0 saturated carbocycles. The zero-order valence-electron chi connectivity index (χ0n) is 7.89. The summed E-state index contributed by atoms with van der Waals surface area (Å²) in [7, 11) is -2.40. The van der Waals surface area contributed by atoms with Gasteiger partial charge in [0.05, 0.1) is 10.5 Å². The monoisotopic (exact) mass is 230 g/mol. The summed E-state index contributed by atoms with van der Waals surface area (Å²) in [5.74, 6) is -1.24. The minimum atomic E-state index is -3.64. The van der Waals surface area contributed by atoms with E-state index >= 15 is 0 Å². The number of benzene rings is 1. The minimum Gasteiger partial charge on any atom is -0.507 e. The van der Waals surface area contributed by atoms with E-state index < -0.39 is 15.9 Å². The first kappa shape index (κ1) is 11.5. The van der Waals surface area contributed by atoms with Crippen LogP contribution in [0.1, 0.15) is 10.4 Å². The number of sulfonamides is 1. The average molecular weight is 230 g/mol. The summed E-state index contributed by atoms with van der Waals surface area (Å²) in [6, 6.07) is 3.29. The minimum absolute atomic E-state index is 0.128. The molecule has 1 aromatic rings. The fourth-order valence-corrected chi connectivity index (χ4v) is 1.75. The quantitative estimate of drug-likeness (QED) is 0.644. The van der Waals surface area contributed by atoms with Crippen molar-refractivity contribution in [2.45, 2.75) is 4.90 Å². The van der Waals surface area contributed by atoms with Crippen molar-refractivity contribution < 1.29 is 18.3 Å². The number of primary amides is 1. The summed E-state index contributed by atoms with van der Waals surface area (Å²) in [5.41, 5.74) is 4.72. The van der Waals surface area contributed by atoms with E-state index in [2.05, 4.69) is 4.72 Å². The maximum Gasteiger partial charge on any atom is 0.252 e. The highest BCUT2D eigenvalue weighted by molar-refractivity contribution is 7.89. The molecular formula is C8H10N2O4S. The Labute approximate surface area is 86.8 Å². The Balaban J connectivity index is 3.38. The third-order valence-electron chi connectivity index (χ3n) is 1.81. The SMILES string of the molecule is CNS(=O)(=O)c1ccc(O)c(C(N)=O)c1. The maximum absolute atomic E-state index is 11.3. The lowest BCUT2D eigenvalue weighted by atomic mass is 10.2. The summed E-state index contributed by atoms with van der Waals surface area (Å²) in [4.78, 5) is 10.7. The number of amides is 1. The molecule has 1 aromatic carbocycles. The predicted octanol–water partition coefficient (Wildman–Crippen LogP) is -0.601. The Morgan fingerprint density at radius 3 is 2.53 bits per heavy atom. The molecule has 0 spiro atoms. The molecule has 0 fully saturated rings. The molecule has 6 nitrogen and oxygen atoms in total. The number of hydrogen-bond donors (Lipinski definition) is 3. The lowest BCUT2D eigenvalue weighted by molar-refractivity contribution is 0.0997. The van der Waals surface area contributed by atoms with Crippen LogP contribution in [0.4, 0.5) is 0 Å². The smallest absolute Gasteiger partial charge is 0.252 e. The first-order chi connectivity index (χ1) is 6.88. The van der Waals surface area contributed by atoms with Crippen molar-refractivity contribution >= 4 is 15.9 Å². The van der Waals surface area contributed by atoms with Gasteiger partial charge < -0.3 is 10.8 Å². The largest absolute Gasteiger partial charge is 0.507 e. The molecule has 0 aromatic heterocycles. The molecule has 0 unspecified atom stereocenters. The molecule has 4 N–H and O–H groups in total. The standard InChI is InChI=1S/C8H10N2O4S/c1-10-15(13,14)5-2-3-7(11)6(4-5)8(9)12/h2-4,10-11H,1H3,(H2,9,12). The second-order valence-corrected chi connectivity index (χ2v) is 4.64. The van der Waals surface area contributed by atoms with Crippen LogP contribution in [0, 0.1) is 0 Å². The summed E-state index contributed by atoms with van der Waals surface area (Å²) >= 11 is 0. The number of carbonyl (C=O) groups is 1. The first-order valence-electron chi connectivity index (χ1n) is 3.95. The fourth-order valence-electron chi connectivity index (χ4n) is 0.998. The third-order valence-corrected chi connectivity index (χ3v) is 3.22. The van der Waals surface area contributed by atoms with Gasteiger partial charge in [0.25, 0.3) is 5.91 Å². The van der Waals surface area contributed by atoms with Gasteiger partial charge in [0.2, 0.25) is 10.0 Å². The zero-order chi connectivity index (χ0) is 11.6. The van der Waals surface area contributed by atoms with E-state index in [1.807, 2.05) is 0 Å². The Morgan fingerprint density at radius 1 is 1.47 bits per heavy atom. The van der Waals surface area contributed by atoms with Crippen molar-refractivity contribution in [2.24, 2.45) is 5.73 Å². The molecule has 0 bridgehead atoms. The van der Waals surface area contributed by atoms with Crippen LogP contribution in [0.2, 0.25) is 0 Å². The number of nitrogens with two attached hydrogens (primary N) is 1. The lowest BCUT2D eigenvalue weighted by Gasteiger charge is -2.05. The number of aromatic hydroxyl groups is 1. The molecule has 0 heterocycles. The molecule has 1 rings (SSSR count). The number of hydrogen-bond acceptors (Lipinski definition) is 4. The molecule has 0 aliphatic carbocycles. The van der Waals surface area contributed by atoms with Gasteiger partial charge in [-0.15, -0.1) is 0 Å². The van der Waals surface area contributed by atoms with E-state index in [1.165, 1.54) is 13.1 Å². The summed E-state index contributed by atoms with van der Waals surface area (Å²) < 4.78 is 24.8. The van der Waals surface area contributed by atoms with Crippen LogP contribution in [0.3, 0.4) is 0 Å². The van der Waals surface area contributed by atoms with Gasteiger partial charge in [-0.25, -0.2) is 13.1 Å². The average Bonchev–Trinajstić information content (AvgIpc) is 2.17. The molecule has 0 aliphatic rings.